The molecule has 4 heteroatoms. The lowest BCUT2D eigenvalue weighted by atomic mass is 10.1. The van der Waals surface area contributed by atoms with Crippen molar-refractivity contribution in [2.45, 2.75) is 26.4 Å². The van der Waals surface area contributed by atoms with Crippen molar-refractivity contribution < 1.29 is 0 Å². The Bertz CT molecular complexity index is 555. The van der Waals surface area contributed by atoms with Crippen LogP contribution in [0.15, 0.2) is 30.3 Å². The molecule has 92 valence electrons. The van der Waals surface area contributed by atoms with Crippen molar-refractivity contribution in [3.63, 3.8) is 0 Å². The predicted octanol–water partition coefficient (Wildman–Crippen LogP) is 2.14. The third-order valence-corrected chi connectivity index (χ3v) is 3.26. The molecule has 1 aliphatic heterocycles. The number of benzene rings is 1. The summed E-state index contributed by atoms with van der Waals surface area (Å²) in [4.78, 5) is 11.0. The second kappa shape index (κ2) is 4.29. The quantitative estimate of drug-likeness (QED) is 0.873. The zero-order valence-electron chi connectivity index (χ0n) is 10.4. The molecule has 0 saturated carbocycles. The summed E-state index contributed by atoms with van der Waals surface area (Å²) in [6.45, 7) is 3.84. The molecule has 0 bridgehead atoms. The normalized spacial score (nSPS) is 13.7. The van der Waals surface area contributed by atoms with E-state index in [-0.39, 0.29) is 0 Å². The molecule has 0 aliphatic carbocycles. The van der Waals surface area contributed by atoms with E-state index in [0.717, 1.165) is 31.2 Å². The summed E-state index contributed by atoms with van der Waals surface area (Å²) >= 11 is 0. The van der Waals surface area contributed by atoms with Crippen molar-refractivity contribution >= 4 is 11.6 Å². The van der Waals surface area contributed by atoms with Crippen LogP contribution in [0.3, 0.4) is 0 Å². The Morgan fingerprint density at radius 1 is 1.17 bits per heavy atom. The van der Waals surface area contributed by atoms with Gasteiger partial charge in [0.2, 0.25) is 0 Å². The second-order valence-electron chi connectivity index (χ2n) is 4.55. The van der Waals surface area contributed by atoms with Gasteiger partial charge in [0.1, 0.15) is 17.5 Å². The minimum absolute atomic E-state index is 0.549. The number of aryl methyl sites for hydroxylation is 1. The van der Waals surface area contributed by atoms with Crippen LogP contribution >= 0.6 is 0 Å². The first-order valence-corrected chi connectivity index (χ1v) is 6.21. The van der Waals surface area contributed by atoms with Crippen molar-refractivity contribution in [3.05, 3.63) is 47.3 Å². The topological polar surface area (TPSA) is 55.0 Å². The monoisotopic (exact) mass is 240 g/mol. The standard InChI is InChI=1S/C14H16N4/c1-2-13-16-12(15)7-14(17-13)18-8-10-5-3-4-6-11(10)9-18/h3-7H,2,8-9H2,1H3,(H2,15,16,17). The number of nitrogens with two attached hydrogens (primary N) is 1. The largest absolute Gasteiger partial charge is 0.384 e. The molecular weight excluding hydrogens is 224 g/mol. The molecule has 0 atom stereocenters. The Morgan fingerprint density at radius 2 is 1.83 bits per heavy atom. The Labute approximate surface area is 106 Å². The molecule has 2 aromatic rings. The van der Waals surface area contributed by atoms with Gasteiger partial charge in [0.15, 0.2) is 0 Å². The van der Waals surface area contributed by atoms with Gasteiger partial charge in [0.25, 0.3) is 0 Å². The molecule has 2 N–H and O–H groups in total. The van der Waals surface area contributed by atoms with Crippen LogP contribution in [0, 0.1) is 0 Å². The molecule has 1 aromatic carbocycles. The number of fused-ring (bicyclic) bond motifs is 1. The highest BCUT2D eigenvalue weighted by atomic mass is 15.2. The summed E-state index contributed by atoms with van der Waals surface area (Å²) in [5.74, 6) is 2.28. The van der Waals surface area contributed by atoms with Crippen LogP contribution in [0.25, 0.3) is 0 Å². The van der Waals surface area contributed by atoms with E-state index in [4.69, 9.17) is 5.73 Å². The van der Waals surface area contributed by atoms with Gasteiger partial charge in [-0.25, -0.2) is 9.97 Å². The number of hydrogen-bond donors (Lipinski definition) is 1. The second-order valence-corrected chi connectivity index (χ2v) is 4.55. The smallest absolute Gasteiger partial charge is 0.135 e. The molecule has 1 aromatic heterocycles. The fraction of sp³-hybridized carbons (Fsp3) is 0.286. The minimum atomic E-state index is 0.549. The lowest BCUT2D eigenvalue weighted by Gasteiger charge is -2.17. The zero-order chi connectivity index (χ0) is 12.5. The summed E-state index contributed by atoms with van der Waals surface area (Å²) in [6, 6.07) is 10.3. The number of rotatable bonds is 2. The summed E-state index contributed by atoms with van der Waals surface area (Å²) in [7, 11) is 0. The van der Waals surface area contributed by atoms with Crippen LogP contribution in [0.4, 0.5) is 11.6 Å². The van der Waals surface area contributed by atoms with E-state index in [0.29, 0.717) is 5.82 Å². The predicted molar refractivity (Wildman–Crippen MR) is 72.2 cm³/mol. The van der Waals surface area contributed by atoms with Crippen molar-refractivity contribution in [1.29, 1.82) is 0 Å². The molecular formula is C14H16N4. The van der Waals surface area contributed by atoms with Gasteiger partial charge in [-0.3, -0.25) is 0 Å². The number of nitrogens with zero attached hydrogens (tertiary/aromatic N) is 3. The van der Waals surface area contributed by atoms with E-state index >= 15 is 0 Å². The average molecular weight is 240 g/mol. The van der Waals surface area contributed by atoms with Crippen molar-refractivity contribution in [1.82, 2.24) is 9.97 Å². The number of nitrogen functional groups attached to an aromatic ring is 1. The molecule has 18 heavy (non-hydrogen) atoms. The molecule has 0 spiro atoms. The van der Waals surface area contributed by atoms with E-state index in [1.807, 2.05) is 13.0 Å². The highest BCUT2D eigenvalue weighted by Gasteiger charge is 2.20. The molecule has 0 amide bonds. The maximum Gasteiger partial charge on any atom is 0.135 e. The van der Waals surface area contributed by atoms with Crippen LogP contribution in [-0.4, -0.2) is 9.97 Å². The first kappa shape index (κ1) is 11.0. The molecule has 3 rings (SSSR count). The van der Waals surface area contributed by atoms with Gasteiger partial charge in [-0.1, -0.05) is 31.2 Å². The number of hydrogen-bond acceptors (Lipinski definition) is 4. The molecule has 2 heterocycles. The first-order valence-electron chi connectivity index (χ1n) is 6.21. The molecule has 0 fully saturated rings. The lowest BCUT2D eigenvalue weighted by Crippen LogP contribution is -2.17. The van der Waals surface area contributed by atoms with E-state index in [2.05, 4.69) is 39.1 Å². The Morgan fingerprint density at radius 3 is 2.44 bits per heavy atom. The van der Waals surface area contributed by atoms with Crippen LogP contribution in [0.1, 0.15) is 23.9 Å². The molecule has 1 aliphatic rings. The highest BCUT2D eigenvalue weighted by molar-refractivity contribution is 5.51. The van der Waals surface area contributed by atoms with Gasteiger partial charge in [0, 0.05) is 25.6 Å². The van der Waals surface area contributed by atoms with E-state index in [1.165, 1.54) is 11.1 Å². The Hall–Kier alpha value is -2.10. The maximum absolute atomic E-state index is 5.83. The third-order valence-electron chi connectivity index (χ3n) is 3.26. The van der Waals surface area contributed by atoms with Crippen LogP contribution in [0.2, 0.25) is 0 Å². The van der Waals surface area contributed by atoms with E-state index in [1.54, 1.807) is 0 Å². The lowest BCUT2D eigenvalue weighted by molar-refractivity contribution is 0.831. The van der Waals surface area contributed by atoms with Gasteiger partial charge in [-0.05, 0) is 11.1 Å². The molecule has 4 nitrogen and oxygen atoms in total. The molecule has 0 saturated heterocycles. The summed E-state index contributed by atoms with van der Waals surface area (Å²) in [6.07, 6.45) is 0.804. The molecule has 0 radical (unpaired) electrons. The number of aromatic nitrogens is 2. The number of anilines is 2. The van der Waals surface area contributed by atoms with Gasteiger partial charge in [-0.15, -0.1) is 0 Å². The minimum Gasteiger partial charge on any atom is -0.384 e. The summed E-state index contributed by atoms with van der Waals surface area (Å²) < 4.78 is 0. The maximum atomic E-state index is 5.83. The summed E-state index contributed by atoms with van der Waals surface area (Å²) in [5.41, 5.74) is 8.57. The van der Waals surface area contributed by atoms with Gasteiger partial charge < -0.3 is 10.6 Å². The SMILES string of the molecule is CCc1nc(N)cc(N2Cc3ccccc3C2)n1. The fourth-order valence-corrected chi connectivity index (χ4v) is 2.32. The van der Waals surface area contributed by atoms with Crippen LogP contribution < -0.4 is 10.6 Å². The fourth-order valence-electron chi connectivity index (χ4n) is 2.32. The highest BCUT2D eigenvalue weighted by Crippen LogP contribution is 2.27. The summed E-state index contributed by atoms with van der Waals surface area (Å²) in [5, 5.41) is 0. The van der Waals surface area contributed by atoms with E-state index < -0.39 is 0 Å². The molecule has 0 unspecified atom stereocenters. The van der Waals surface area contributed by atoms with Crippen molar-refractivity contribution in [2.24, 2.45) is 0 Å². The van der Waals surface area contributed by atoms with Crippen molar-refractivity contribution in [2.75, 3.05) is 10.6 Å². The first-order chi connectivity index (χ1) is 8.76. The van der Waals surface area contributed by atoms with Crippen LogP contribution in [-0.2, 0) is 19.5 Å². The Kier molecular flexibility index (Phi) is 2.63. The Balaban J connectivity index is 1.92. The average Bonchev–Trinajstić information content (AvgIpc) is 2.81. The van der Waals surface area contributed by atoms with Gasteiger partial charge in [0.05, 0.1) is 0 Å². The van der Waals surface area contributed by atoms with Crippen LogP contribution in [0.5, 0.6) is 0 Å². The third kappa shape index (κ3) is 1.90. The van der Waals surface area contributed by atoms with Crippen molar-refractivity contribution in [3.8, 4) is 0 Å². The van der Waals surface area contributed by atoms with Gasteiger partial charge >= 0.3 is 0 Å². The van der Waals surface area contributed by atoms with Gasteiger partial charge in [-0.2, -0.15) is 0 Å². The zero-order valence-corrected chi connectivity index (χ0v) is 10.4. The van der Waals surface area contributed by atoms with E-state index in [9.17, 15) is 0 Å².